The lowest BCUT2D eigenvalue weighted by Gasteiger charge is -2.17. The average Bonchev–Trinajstić information content (AvgIpc) is 3.18. The smallest absolute Gasteiger partial charge is 0.229 e. The molecule has 0 aliphatic carbocycles. The van der Waals surface area contributed by atoms with E-state index >= 15 is 0 Å². The minimum atomic E-state index is 0.221. The van der Waals surface area contributed by atoms with Crippen LogP contribution in [-0.4, -0.2) is 45.3 Å². The molecule has 0 saturated carbocycles. The Morgan fingerprint density at radius 1 is 1.32 bits per heavy atom. The Bertz CT molecular complexity index is 587. The minimum absolute atomic E-state index is 0.221. The van der Waals surface area contributed by atoms with Crippen molar-refractivity contribution in [3.8, 4) is 0 Å². The van der Waals surface area contributed by atoms with E-state index in [4.69, 9.17) is 9.26 Å². The van der Waals surface area contributed by atoms with Gasteiger partial charge < -0.3 is 9.26 Å². The molecule has 0 N–H and O–H groups in total. The molecule has 118 valence electrons. The number of nitrogens with zero attached hydrogens (tertiary/aromatic N) is 4. The molecule has 0 spiro atoms. The molecule has 2 aliphatic rings. The molecule has 22 heavy (non-hydrogen) atoms. The quantitative estimate of drug-likeness (QED) is 0.858. The first-order valence-corrected chi connectivity index (χ1v) is 8.61. The second-order valence-corrected chi connectivity index (χ2v) is 7.25. The zero-order chi connectivity index (χ0) is 15.1. The van der Waals surface area contributed by atoms with Crippen LogP contribution in [0, 0.1) is 19.8 Å². The van der Waals surface area contributed by atoms with E-state index in [9.17, 15) is 0 Å². The Balaban J connectivity index is 1.30. The van der Waals surface area contributed by atoms with Gasteiger partial charge in [0.25, 0.3) is 0 Å². The molecule has 0 bridgehead atoms. The minimum Gasteiger partial charge on any atom is -0.373 e. The number of hydrogen-bond donors (Lipinski definition) is 0. The van der Waals surface area contributed by atoms with Crippen LogP contribution in [0.3, 0.4) is 0 Å². The molecule has 4 heterocycles. The third kappa shape index (κ3) is 2.93. The highest BCUT2D eigenvalue weighted by atomic mass is 32.1. The highest BCUT2D eigenvalue weighted by Crippen LogP contribution is 2.34. The molecule has 4 rings (SSSR count). The van der Waals surface area contributed by atoms with E-state index in [1.54, 1.807) is 11.3 Å². The summed E-state index contributed by atoms with van der Waals surface area (Å²) in [6.07, 6.45) is 2.38. The molecule has 2 fully saturated rings. The first-order valence-electron chi connectivity index (χ1n) is 7.74. The summed E-state index contributed by atoms with van der Waals surface area (Å²) in [7, 11) is 0. The van der Waals surface area contributed by atoms with Crippen LogP contribution < -0.4 is 0 Å². The van der Waals surface area contributed by atoms with Gasteiger partial charge in [0.15, 0.2) is 5.82 Å². The fraction of sp³-hybridized carbons (Fsp3) is 0.667. The lowest BCUT2D eigenvalue weighted by Crippen LogP contribution is -2.25. The zero-order valence-electron chi connectivity index (χ0n) is 12.9. The molecule has 3 atom stereocenters. The van der Waals surface area contributed by atoms with Crippen LogP contribution in [0.2, 0.25) is 0 Å². The molecular weight excluding hydrogens is 300 g/mol. The van der Waals surface area contributed by atoms with Crippen LogP contribution in [-0.2, 0) is 17.7 Å². The maximum Gasteiger partial charge on any atom is 0.229 e. The topological polar surface area (TPSA) is 64.3 Å². The number of aromatic nitrogens is 3. The molecule has 2 aromatic heterocycles. The average molecular weight is 320 g/mol. The number of likely N-dealkylation sites (tertiary alicyclic amines) is 1. The van der Waals surface area contributed by atoms with E-state index in [2.05, 4.69) is 25.4 Å². The number of ether oxygens (including phenoxy) is 1. The van der Waals surface area contributed by atoms with Gasteiger partial charge in [-0.1, -0.05) is 5.16 Å². The van der Waals surface area contributed by atoms with E-state index in [1.165, 1.54) is 5.01 Å². The second kappa shape index (κ2) is 5.72. The number of thiazole rings is 1. The summed E-state index contributed by atoms with van der Waals surface area (Å²) in [5.74, 6) is 2.01. The summed E-state index contributed by atoms with van der Waals surface area (Å²) >= 11 is 1.75. The first-order chi connectivity index (χ1) is 10.7. The highest BCUT2D eigenvalue weighted by Gasteiger charge is 2.42. The lowest BCUT2D eigenvalue weighted by molar-refractivity contribution is 0.0343. The highest BCUT2D eigenvalue weighted by molar-refractivity contribution is 7.09. The maximum atomic E-state index is 6.19. The number of hydrogen-bond acceptors (Lipinski definition) is 7. The standard InChI is InChI=1S/C15H20N4O2S/c1-9-8-22-15(16-9)7-19-5-11-3-12(20-13(11)6-19)4-14-17-10(2)18-21-14/h8,11-13H,3-7H2,1-2H3/t11-,12-,13+/m0/s1. The molecular formula is C15H20N4O2S. The van der Waals surface area contributed by atoms with Gasteiger partial charge in [0, 0.05) is 30.1 Å². The van der Waals surface area contributed by atoms with Gasteiger partial charge >= 0.3 is 0 Å². The molecule has 6 nitrogen and oxygen atoms in total. The molecule has 7 heteroatoms. The number of rotatable bonds is 4. The maximum absolute atomic E-state index is 6.19. The van der Waals surface area contributed by atoms with Crippen molar-refractivity contribution in [2.75, 3.05) is 13.1 Å². The van der Waals surface area contributed by atoms with E-state index in [0.717, 1.165) is 38.2 Å². The van der Waals surface area contributed by atoms with Gasteiger partial charge in [-0.05, 0) is 20.3 Å². The van der Waals surface area contributed by atoms with Crippen molar-refractivity contribution in [2.24, 2.45) is 5.92 Å². The summed E-state index contributed by atoms with van der Waals surface area (Å²) in [6, 6.07) is 0. The molecule has 0 aromatic carbocycles. The van der Waals surface area contributed by atoms with Crippen molar-refractivity contribution >= 4 is 11.3 Å². The molecule has 2 saturated heterocycles. The zero-order valence-corrected chi connectivity index (χ0v) is 13.7. The van der Waals surface area contributed by atoms with Crippen LogP contribution in [0.25, 0.3) is 0 Å². The Labute approximate surface area is 133 Å². The van der Waals surface area contributed by atoms with Crippen molar-refractivity contribution in [1.29, 1.82) is 0 Å². The fourth-order valence-electron chi connectivity index (χ4n) is 3.49. The van der Waals surface area contributed by atoms with Crippen LogP contribution in [0.15, 0.2) is 9.90 Å². The third-order valence-electron chi connectivity index (χ3n) is 4.39. The summed E-state index contributed by atoms with van der Waals surface area (Å²) < 4.78 is 11.4. The molecule has 2 aliphatic heterocycles. The predicted molar refractivity (Wildman–Crippen MR) is 81.6 cm³/mol. The van der Waals surface area contributed by atoms with E-state index in [0.29, 0.717) is 23.7 Å². The SMILES string of the molecule is Cc1csc(CN2C[C@@H]3C[C@@H](Cc4nc(C)no4)O[C@@H]3C2)n1. The van der Waals surface area contributed by atoms with Crippen molar-refractivity contribution in [3.05, 3.63) is 27.8 Å². The van der Waals surface area contributed by atoms with Gasteiger partial charge in [0.05, 0.1) is 25.2 Å². The Kier molecular flexibility index (Phi) is 3.71. The summed E-state index contributed by atoms with van der Waals surface area (Å²) in [6.45, 7) is 6.94. The van der Waals surface area contributed by atoms with E-state index < -0.39 is 0 Å². The van der Waals surface area contributed by atoms with Crippen LogP contribution in [0.4, 0.5) is 0 Å². The predicted octanol–water partition coefficient (Wildman–Crippen LogP) is 1.97. The summed E-state index contributed by atoms with van der Waals surface area (Å²) in [5.41, 5.74) is 1.12. The van der Waals surface area contributed by atoms with Crippen LogP contribution in [0.5, 0.6) is 0 Å². The second-order valence-electron chi connectivity index (χ2n) is 6.31. The number of fused-ring (bicyclic) bond motifs is 1. The van der Waals surface area contributed by atoms with E-state index in [-0.39, 0.29) is 6.10 Å². The Hall–Kier alpha value is -1.31. The van der Waals surface area contributed by atoms with Gasteiger partial charge in [-0.2, -0.15) is 4.98 Å². The molecule has 0 radical (unpaired) electrons. The third-order valence-corrected chi connectivity index (χ3v) is 5.34. The van der Waals surface area contributed by atoms with Gasteiger partial charge in [-0.25, -0.2) is 4.98 Å². The van der Waals surface area contributed by atoms with Crippen molar-refractivity contribution in [1.82, 2.24) is 20.0 Å². The number of aryl methyl sites for hydroxylation is 2. The van der Waals surface area contributed by atoms with Gasteiger partial charge in [0.2, 0.25) is 5.89 Å². The normalized spacial score (nSPS) is 28.4. The van der Waals surface area contributed by atoms with Gasteiger partial charge in [0.1, 0.15) is 5.01 Å². The largest absolute Gasteiger partial charge is 0.373 e. The molecule has 0 amide bonds. The summed E-state index contributed by atoms with van der Waals surface area (Å²) in [5, 5.41) is 7.16. The van der Waals surface area contributed by atoms with E-state index in [1.807, 2.05) is 13.8 Å². The fourth-order valence-corrected chi connectivity index (χ4v) is 4.31. The van der Waals surface area contributed by atoms with Crippen LogP contribution >= 0.6 is 11.3 Å². The molecule has 0 unspecified atom stereocenters. The lowest BCUT2D eigenvalue weighted by atomic mass is 10.0. The van der Waals surface area contributed by atoms with Crippen molar-refractivity contribution in [3.63, 3.8) is 0 Å². The Morgan fingerprint density at radius 2 is 2.23 bits per heavy atom. The first kappa shape index (κ1) is 14.3. The summed E-state index contributed by atoms with van der Waals surface area (Å²) in [4.78, 5) is 11.3. The van der Waals surface area contributed by atoms with Crippen molar-refractivity contribution < 1.29 is 9.26 Å². The van der Waals surface area contributed by atoms with Crippen molar-refractivity contribution in [2.45, 2.75) is 45.4 Å². The monoisotopic (exact) mass is 320 g/mol. The Morgan fingerprint density at radius 3 is 2.91 bits per heavy atom. The van der Waals surface area contributed by atoms with Gasteiger partial charge in [-0.3, -0.25) is 4.90 Å². The molecule has 2 aromatic rings. The van der Waals surface area contributed by atoms with Gasteiger partial charge in [-0.15, -0.1) is 11.3 Å². The van der Waals surface area contributed by atoms with Crippen LogP contribution in [0.1, 0.15) is 28.8 Å².